The van der Waals surface area contributed by atoms with E-state index in [2.05, 4.69) is 0 Å². The Morgan fingerprint density at radius 1 is 0.808 bits per heavy atom. The van der Waals surface area contributed by atoms with Crippen molar-refractivity contribution >= 4 is 11.9 Å². The molecule has 0 aromatic heterocycles. The minimum Gasteiger partial charge on any atom is -0.550 e. The number of carbonyl (C=O) groups excluding carboxylic acids is 2. The third-order valence-corrected chi connectivity index (χ3v) is 3.87. The van der Waals surface area contributed by atoms with Crippen LogP contribution in [0.1, 0.15) is 28.7 Å². The van der Waals surface area contributed by atoms with E-state index in [1.165, 1.54) is 0 Å². The van der Waals surface area contributed by atoms with E-state index in [9.17, 15) is 19.8 Å². The van der Waals surface area contributed by atoms with Crippen LogP contribution in [-0.2, 0) is 32.3 Å². The normalized spacial score (nSPS) is 11.3. The van der Waals surface area contributed by atoms with E-state index in [0.717, 1.165) is 11.1 Å². The lowest BCUT2D eigenvalue weighted by Gasteiger charge is -2.35. The standard InChI is InChI=1S/C20H22O6/c1-14-3-7-16(8-4-14)12-25-20(19(23)24,11-18(21)22)26-13-17-9-5-15(2)6-10-17/h3-10H,11-13H2,1-2H3,(H,21,22)(H,23,24)/p-2. The molecule has 0 atom stereocenters. The van der Waals surface area contributed by atoms with Crippen molar-refractivity contribution in [3.8, 4) is 0 Å². The number of carboxylic acid groups (broad SMARTS) is 2. The second kappa shape index (κ2) is 8.60. The third-order valence-electron chi connectivity index (χ3n) is 3.87. The average Bonchev–Trinajstić information content (AvgIpc) is 2.59. The highest BCUT2D eigenvalue weighted by atomic mass is 16.7. The monoisotopic (exact) mass is 356 g/mol. The van der Waals surface area contributed by atoms with E-state index < -0.39 is 24.1 Å². The number of carbonyl (C=O) groups is 2. The van der Waals surface area contributed by atoms with E-state index in [-0.39, 0.29) is 13.2 Å². The molecule has 0 N–H and O–H groups in total. The Kier molecular flexibility index (Phi) is 6.49. The second-order valence-corrected chi connectivity index (χ2v) is 6.14. The van der Waals surface area contributed by atoms with Gasteiger partial charge in [-0.15, -0.1) is 0 Å². The van der Waals surface area contributed by atoms with Gasteiger partial charge in [0.15, 0.2) is 0 Å². The molecule has 0 aliphatic rings. The number of hydrogen-bond acceptors (Lipinski definition) is 6. The topological polar surface area (TPSA) is 98.7 Å². The van der Waals surface area contributed by atoms with Crippen molar-refractivity contribution in [1.29, 1.82) is 0 Å². The van der Waals surface area contributed by atoms with Crippen molar-refractivity contribution in [2.75, 3.05) is 0 Å². The minimum atomic E-state index is -2.44. The Morgan fingerprint density at radius 2 is 1.19 bits per heavy atom. The molecule has 0 saturated carbocycles. The maximum Gasteiger partial charge on any atom is 0.215 e. The molecule has 6 nitrogen and oxygen atoms in total. The Morgan fingerprint density at radius 3 is 1.50 bits per heavy atom. The molecule has 0 saturated heterocycles. The second-order valence-electron chi connectivity index (χ2n) is 6.14. The summed E-state index contributed by atoms with van der Waals surface area (Å²) in [6.45, 7) is 3.54. The van der Waals surface area contributed by atoms with E-state index in [1.807, 2.05) is 38.1 Å². The van der Waals surface area contributed by atoms with Gasteiger partial charge in [0.1, 0.15) is 5.97 Å². The van der Waals surface area contributed by atoms with Gasteiger partial charge in [-0.1, -0.05) is 59.7 Å². The molecular formula is C20H20O6-2. The van der Waals surface area contributed by atoms with Crippen LogP contribution in [-0.4, -0.2) is 17.7 Å². The molecule has 0 spiro atoms. The van der Waals surface area contributed by atoms with Gasteiger partial charge in [-0.05, 0) is 25.0 Å². The molecule has 0 unspecified atom stereocenters. The van der Waals surface area contributed by atoms with Gasteiger partial charge in [-0.3, -0.25) is 0 Å². The minimum absolute atomic E-state index is 0.143. The van der Waals surface area contributed by atoms with E-state index in [1.54, 1.807) is 24.3 Å². The lowest BCUT2D eigenvalue weighted by atomic mass is 10.1. The lowest BCUT2D eigenvalue weighted by Crippen LogP contribution is -2.55. The fourth-order valence-electron chi connectivity index (χ4n) is 2.29. The zero-order valence-corrected chi connectivity index (χ0v) is 14.7. The van der Waals surface area contributed by atoms with Crippen LogP contribution in [0.3, 0.4) is 0 Å². The molecule has 0 amide bonds. The first-order valence-corrected chi connectivity index (χ1v) is 8.11. The summed E-state index contributed by atoms with van der Waals surface area (Å²) in [5.41, 5.74) is 3.42. The lowest BCUT2D eigenvalue weighted by molar-refractivity contribution is -0.370. The number of aryl methyl sites for hydroxylation is 2. The quantitative estimate of drug-likeness (QED) is 0.611. The first-order valence-electron chi connectivity index (χ1n) is 8.11. The predicted octanol–water partition coefficient (Wildman–Crippen LogP) is 0.623. The van der Waals surface area contributed by atoms with Crippen LogP contribution in [0.2, 0.25) is 0 Å². The number of carboxylic acids is 2. The summed E-state index contributed by atoms with van der Waals surface area (Å²) in [5.74, 6) is -5.81. The van der Waals surface area contributed by atoms with Crippen LogP contribution in [0.15, 0.2) is 48.5 Å². The summed E-state index contributed by atoms with van der Waals surface area (Å²) < 4.78 is 10.7. The fraction of sp³-hybridized carbons (Fsp3) is 0.300. The van der Waals surface area contributed by atoms with Crippen LogP contribution in [0.25, 0.3) is 0 Å². The van der Waals surface area contributed by atoms with Crippen molar-refractivity contribution in [3.63, 3.8) is 0 Å². The third kappa shape index (κ3) is 5.40. The summed E-state index contributed by atoms with van der Waals surface area (Å²) in [6.07, 6.45) is -0.979. The molecule has 0 bridgehead atoms. The van der Waals surface area contributed by atoms with Gasteiger partial charge >= 0.3 is 0 Å². The average molecular weight is 356 g/mol. The Labute approximate surface area is 152 Å². The van der Waals surface area contributed by atoms with Crippen molar-refractivity contribution in [1.82, 2.24) is 0 Å². The molecular weight excluding hydrogens is 336 g/mol. The highest BCUT2D eigenvalue weighted by molar-refractivity contribution is 5.80. The molecule has 2 rings (SSSR count). The van der Waals surface area contributed by atoms with Gasteiger partial charge in [-0.25, -0.2) is 0 Å². The first-order chi connectivity index (χ1) is 12.3. The molecule has 0 fully saturated rings. The molecule has 26 heavy (non-hydrogen) atoms. The van der Waals surface area contributed by atoms with Gasteiger partial charge < -0.3 is 29.3 Å². The smallest absolute Gasteiger partial charge is 0.215 e. The summed E-state index contributed by atoms with van der Waals surface area (Å²) in [4.78, 5) is 22.7. The van der Waals surface area contributed by atoms with E-state index in [0.29, 0.717) is 11.1 Å². The molecule has 2 aromatic carbocycles. The molecule has 138 valence electrons. The van der Waals surface area contributed by atoms with Gasteiger partial charge in [0.25, 0.3) is 0 Å². The van der Waals surface area contributed by atoms with Crippen LogP contribution < -0.4 is 10.2 Å². The van der Waals surface area contributed by atoms with Crippen molar-refractivity contribution in [2.45, 2.75) is 39.3 Å². The highest BCUT2D eigenvalue weighted by Crippen LogP contribution is 2.22. The zero-order chi connectivity index (χ0) is 19.2. The van der Waals surface area contributed by atoms with Crippen LogP contribution >= 0.6 is 0 Å². The summed E-state index contributed by atoms with van der Waals surface area (Å²) in [5, 5.41) is 22.7. The first kappa shape index (κ1) is 19.6. The molecule has 0 aliphatic heterocycles. The molecule has 0 radical (unpaired) electrons. The largest absolute Gasteiger partial charge is 0.550 e. The highest BCUT2D eigenvalue weighted by Gasteiger charge is 2.35. The summed E-state index contributed by atoms with van der Waals surface area (Å²) >= 11 is 0. The summed E-state index contributed by atoms with van der Waals surface area (Å²) in [6, 6.07) is 14.4. The van der Waals surface area contributed by atoms with Gasteiger partial charge in [0, 0.05) is 12.4 Å². The maximum atomic E-state index is 11.7. The Balaban J connectivity index is 2.16. The van der Waals surface area contributed by atoms with Crippen LogP contribution in [0, 0.1) is 13.8 Å². The van der Waals surface area contributed by atoms with Crippen LogP contribution in [0.5, 0.6) is 0 Å². The van der Waals surface area contributed by atoms with Gasteiger partial charge in [-0.2, -0.15) is 0 Å². The number of rotatable bonds is 9. The van der Waals surface area contributed by atoms with Crippen LogP contribution in [0.4, 0.5) is 0 Å². The maximum absolute atomic E-state index is 11.7. The zero-order valence-electron chi connectivity index (χ0n) is 14.7. The van der Waals surface area contributed by atoms with Gasteiger partial charge in [0.05, 0.1) is 13.2 Å². The Hall–Kier alpha value is -2.70. The predicted molar refractivity (Wildman–Crippen MR) is 89.3 cm³/mol. The fourth-order valence-corrected chi connectivity index (χ4v) is 2.29. The molecule has 0 heterocycles. The number of ether oxygens (including phenoxy) is 2. The van der Waals surface area contributed by atoms with Gasteiger partial charge in [0.2, 0.25) is 5.79 Å². The molecule has 6 heteroatoms. The van der Waals surface area contributed by atoms with Crippen molar-refractivity contribution in [2.24, 2.45) is 0 Å². The van der Waals surface area contributed by atoms with E-state index in [4.69, 9.17) is 9.47 Å². The van der Waals surface area contributed by atoms with E-state index >= 15 is 0 Å². The number of hydrogen-bond donors (Lipinski definition) is 0. The molecule has 0 aliphatic carbocycles. The summed E-state index contributed by atoms with van der Waals surface area (Å²) in [7, 11) is 0. The van der Waals surface area contributed by atoms with Crippen molar-refractivity contribution < 1.29 is 29.3 Å². The SMILES string of the molecule is Cc1ccc(COC(CC(=O)[O-])(OCc2ccc(C)cc2)C(=O)[O-])cc1. The van der Waals surface area contributed by atoms with Crippen molar-refractivity contribution in [3.05, 3.63) is 70.8 Å². The number of aliphatic carboxylic acids is 2. The molecule has 2 aromatic rings. The number of benzene rings is 2. The Bertz CT molecular complexity index is 699.